The fourth-order valence-corrected chi connectivity index (χ4v) is 9.85. The van der Waals surface area contributed by atoms with Crippen molar-refractivity contribution >= 4 is 81.1 Å². The van der Waals surface area contributed by atoms with E-state index in [1.54, 1.807) is 29.7 Å². The number of thiophene rings is 2. The average Bonchev–Trinajstić information content (AvgIpc) is 4.07. The standard InChI is InChI=1S/C42H52BF2N7O9S3/c1-52(2,3)20-6-9-29-25-34(36-10-7-23-62-36)50-32(29)27-33-30(26-35(37-11-8-24-63-37)51(33)43(50,44)45)13-14-39(54)48-31(28-64(58,59)60)42(57)47-17-5-4-12-38(53)46-18-21-61-22-19-49-40(55)15-16-41(49)56/h7-8,10-11,15-16,23-27,31H,4-6,9,12-14,17-22,28H2,1-3H3,(H3-,46,47,48,53,54,57,58,59,60)/p+1. The summed E-state index contributed by atoms with van der Waals surface area (Å²) in [7, 11) is 1.52. The fourth-order valence-electron chi connectivity index (χ4n) is 7.71. The van der Waals surface area contributed by atoms with Gasteiger partial charge in [0.1, 0.15) is 11.8 Å². The number of ether oxygens (including phenoxy) is 1. The van der Waals surface area contributed by atoms with Crippen molar-refractivity contribution in [2.45, 2.75) is 51.0 Å². The summed E-state index contributed by atoms with van der Waals surface area (Å²) in [5, 5.41) is 11.3. The van der Waals surface area contributed by atoms with E-state index in [9.17, 15) is 36.9 Å². The maximum atomic E-state index is 17.3. The number of aromatic nitrogens is 1. The first-order chi connectivity index (χ1) is 30.3. The second kappa shape index (κ2) is 20.8. The van der Waals surface area contributed by atoms with Crippen LogP contribution in [0.5, 0.6) is 0 Å². The molecular formula is C42H53BF2N7O9S3+. The number of carbonyl (C=O) groups is 5. The van der Waals surface area contributed by atoms with E-state index in [0.29, 0.717) is 51.7 Å². The number of rotatable bonds is 24. The summed E-state index contributed by atoms with van der Waals surface area (Å²) in [5.41, 5.74) is 2.65. The molecule has 0 saturated carbocycles. The Balaban J connectivity index is 1.05. The van der Waals surface area contributed by atoms with Gasteiger partial charge in [-0.2, -0.15) is 8.42 Å². The molecule has 64 heavy (non-hydrogen) atoms. The number of halogens is 2. The summed E-state index contributed by atoms with van der Waals surface area (Å²) in [4.78, 5) is 64.2. The molecule has 16 nitrogen and oxygen atoms in total. The predicted molar refractivity (Wildman–Crippen MR) is 241 cm³/mol. The van der Waals surface area contributed by atoms with E-state index in [1.807, 2.05) is 23.6 Å². The summed E-state index contributed by atoms with van der Waals surface area (Å²) in [6.07, 6.45) is 7.65. The smallest absolute Gasteiger partial charge is 0.389 e. The van der Waals surface area contributed by atoms with Crippen LogP contribution < -0.4 is 16.0 Å². The van der Waals surface area contributed by atoms with Crippen molar-refractivity contribution in [3.05, 3.63) is 86.7 Å². The molecule has 344 valence electrons. The number of aryl methyl sites for hydroxylation is 1. The van der Waals surface area contributed by atoms with Gasteiger partial charge in [0.05, 0.1) is 52.3 Å². The van der Waals surface area contributed by atoms with Gasteiger partial charge in [0, 0.05) is 78.5 Å². The first-order valence-electron chi connectivity index (χ1n) is 21.0. The third-order valence-corrected chi connectivity index (χ3v) is 13.3. The van der Waals surface area contributed by atoms with Crippen LogP contribution in [-0.2, 0) is 45.2 Å². The van der Waals surface area contributed by atoms with Gasteiger partial charge in [-0.05, 0) is 60.2 Å². The summed E-state index contributed by atoms with van der Waals surface area (Å²) in [6.45, 7) is -2.98. The highest BCUT2D eigenvalue weighted by molar-refractivity contribution is 7.85. The Bertz CT molecular complexity index is 2460. The van der Waals surface area contributed by atoms with Crippen LogP contribution in [0.1, 0.15) is 54.7 Å². The van der Waals surface area contributed by atoms with E-state index in [-0.39, 0.29) is 63.7 Å². The molecule has 0 aliphatic carbocycles. The largest absolute Gasteiger partial charge is 0.737 e. The minimum atomic E-state index is -4.73. The number of fused-ring (bicyclic) bond motifs is 2. The molecule has 0 aromatic carbocycles. The first-order valence-corrected chi connectivity index (χ1v) is 24.3. The molecule has 5 amide bonds. The second-order valence-corrected chi connectivity index (χ2v) is 20.1. The van der Waals surface area contributed by atoms with Crippen molar-refractivity contribution < 1.29 is 59.3 Å². The lowest BCUT2D eigenvalue weighted by molar-refractivity contribution is -0.870. The van der Waals surface area contributed by atoms with E-state index in [0.717, 1.165) is 36.9 Å². The van der Waals surface area contributed by atoms with E-state index < -0.39 is 52.5 Å². The first kappa shape index (κ1) is 48.3. The van der Waals surface area contributed by atoms with Crippen LogP contribution in [0.25, 0.3) is 16.6 Å². The lowest BCUT2D eigenvalue weighted by Gasteiger charge is -2.31. The Morgan fingerprint density at radius 3 is 2.27 bits per heavy atom. The van der Waals surface area contributed by atoms with Gasteiger partial charge in [-0.25, -0.2) is 0 Å². The van der Waals surface area contributed by atoms with Crippen LogP contribution in [0, 0.1) is 0 Å². The number of amides is 5. The summed E-state index contributed by atoms with van der Waals surface area (Å²) in [6, 6.07) is 7.41. The third-order valence-electron chi connectivity index (χ3n) is 10.7. The fraction of sp³-hybridized carbons (Fsp3) is 0.429. The molecule has 4 N–H and O–H groups in total. The zero-order chi connectivity index (χ0) is 46.2. The minimum absolute atomic E-state index is 0.0166. The summed E-state index contributed by atoms with van der Waals surface area (Å²) < 4.78 is 76.4. The van der Waals surface area contributed by atoms with E-state index >= 15 is 8.63 Å². The van der Waals surface area contributed by atoms with Crippen molar-refractivity contribution in [2.24, 2.45) is 0 Å². The van der Waals surface area contributed by atoms with Gasteiger partial charge in [0.2, 0.25) is 17.7 Å². The lowest BCUT2D eigenvalue weighted by Crippen LogP contribution is -2.51. The minimum Gasteiger partial charge on any atom is -0.389 e. The number of hydrogen-bond donors (Lipinski definition) is 4. The molecule has 1 unspecified atom stereocenters. The van der Waals surface area contributed by atoms with Crippen molar-refractivity contribution in [3.63, 3.8) is 0 Å². The molecule has 0 fully saturated rings. The Hall–Kier alpha value is -5.13. The number of imide groups is 1. The predicted octanol–water partition coefficient (Wildman–Crippen LogP) is 3.43. The number of hydrogen-bond acceptors (Lipinski definition) is 10. The molecule has 3 aromatic rings. The molecule has 3 aliphatic rings. The van der Waals surface area contributed by atoms with Crippen LogP contribution >= 0.6 is 22.7 Å². The second-order valence-electron chi connectivity index (χ2n) is 16.7. The molecule has 0 saturated heterocycles. The molecule has 6 heterocycles. The van der Waals surface area contributed by atoms with Crippen LogP contribution in [0.3, 0.4) is 0 Å². The number of carbonyl (C=O) groups excluding carboxylic acids is 5. The molecule has 22 heteroatoms. The van der Waals surface area contributed by atoms with Gasteiger partial charge in [0.15, 0.2) is 11.4 Å². The Kier molecular flexibility index (Phi) is 15.7. The van der Waals surface area contributed by atoms with Crippen molar-refractivity contribution in [1.29, 1.82) is 0 Å². The Morgan fingerprint density at radius 1 is 0.906 bits per heavy atom. The van der Waals surface area contributed by atoms with Crippen molar-refractivity contribution in [3.8, 4) is 10.6 Å². The van der Waals surface area contributed by atoms with E-state index in [1.165, 1.54) is 34.8 Å². The molecule has 3 aromatic heterocycles. The van der Waals surface area contributed by atoms with Gasteiger partial charge >= 0.3 is 6.97 Å². The van der Waals surface area contributed by atoms with Crippen molar-refractivity contribution in [2.75, 3.05) is 66.3 Å². The molecule has 6 rings (SSSR count). The van der Waals surface area contributed by atoms with Crippen LogP contribution in [0.4, 0.5) is 8.63 Å². The molecule has 0 spiro atoms. The molecule has 0 bridgehead atoms. The summed E-state index contributed by atoms with van der Waals surface area (Å²) in [5.74, 6) is -3.77. The number of nitrogens with one attached hydrogen (secondary N) is 3. The highest BCUT2D eigenvalue weighted by atomic mass is 32.2. The third kappa shape index (κ3) is 12.4. The Labute approximate surface area is 378 Å². The quantitative estimate of drug-likeness (QED) is 0.0342. The van der Waals surface area contributed by atoms with Gasteiger partial charge in [-0.3, -0.25) is 33.4 Å². The van der Waals surface area contributed by atoms with E-state index in [2.05, 4.69) is 37.1 Å². The highest BCUT2D eigenvalue weighted by Gasteiger charge is 2.55. The monoisotopic (exact) mass is 944 g/mol. The normalized spacial score (nSPS) is 16.1. The topological polar surface area (TPSA) is 196 Å². The van der Waals surface area contributed by atoms with Crippen LogP contribution in [0.15, 0.2) is 70.6 Å². The lowest BCUT2D eigenvalue weighted by atomic mass is 9.88. The van der Waals surface area contributed by atoms with E-state index in [4.69, 9.17) is 4.74 Å². The Morgan fingerprint density at radius 2 is 1.61 bits per heavy atom. The van der Waals surface area contributed by atoms with Gasteiger partial charge in [-0.15, -0.1) is 22.7 Å². The van der Waals surface area contributed by atoms with Crippen LogP contribution in [0.2, 0.25) is 0 Å². The van der Waals surface area contributed by atoms with Gasteiger partial charge in [-0.1, -0.05) is 12.1 Å². The number of unbranched alkanes of at least 4 members (excludes halogenated alkanes) is 1. The number of allylic oxidation sites excluding steroid dienone is 2. The summed E-state index contributed by atoms with van der Waals surface area (Å²) >= 11 is 2.70. The van der Waals surface area contributed by atoms with Crippen LogP contribution in [-0.4, -0.2) is 146 Å². The number of nitrogens with zero attached hydrogens (tertiary/aromatic N) is 4. The molecule has 3 aliphatic heterocycles. The maximum absolute atomic E-state index is 17.3. The molecule has 1 atom stereocenters. The maximum Gasteiger partial charge on any atom is 0.737 e. The van der Waals surface area contributed by atoms with Crippen molar-refractivity contribution in [1.82, 2.24) is 25.3 Å². The molecule has 0 radical (unpaired) electrons. The average molecular weight is 945 g/mol. The highest BCUT2D eigenvalue weighted by Crippen LogP contribution is 2.43. The van der Waals surface area contributed by atoms with Gasteiger partial charge < -0.3 is 42.8 Å². The zero-order valence-corrected chi connectivity index (χ0v) is 38.3. The van der Waals surface area contributed by atoms with Gasteiger partial charge in [0.25, 0.3) is 21.9 Å². The number of quaternary nitrogens is 1. The molecular weight excluding hydrogens is 892 g/mol. The SMILES string of the molecule is C[N+](C)(C)CCCc1cc(-c2cccs2)n2c1C=C1C(CCC(=O)NC(CS(=O)(=O)O)C(=O)NCCCCC(=O)NCCOCCN3C(=O)C=CC3=O)=CC(c3cccs3)=[N+]1[B-]2(F)F. The zero-order valence-electron chi connectivity index (χ0n) is 35.9.